The molecule has 1 aromatic carbocycles. The Balaban J connectivity index is 1.88. The van der Waals surface area contributed by atoms with Gasteiger partial charge in [0.1, 0.15) is 0 Å². The van der Waals surface area contributed by atoms with E-state index in [0.717, 1.165) is 11.1 Å². The molecule has 0 spiro atoms. The number of aliphatic hydroxyl groups is 1. The van der Waals surface area contributed by atoms with Crippen LogP contribution in [0.4, 0.5) is 0 Å². The fraction of sp³-hybridized carbons (Fsp3) is 0.158. The number of hydrogen-bond donors (Lipinski definition) is 2. The van der Waals surface area contributed by atoms with E-state index in [2.05, 4.69) is 15.2 Å². The number of aromatic nitrogens is 3. The molecule has 6 heteroatoms. The van der Waals surface area contributed by atoms with Gasteiger partial charge in [0.15, 0.2) is 5.78 Å². The van der Waals surface area contributed by atoms with E-state index in [1.54, 1.807) is 24.5 Å². The Hall–Kier alpha value is -3.12. The first kappa shape index (κ1) is 16.7. The molecule has 25 heavy (non-hydrogen) atoms. The van der Waals surface area contributed by atoms with Gasteiger partial charge in [0.05, 0.1) is 17.9 Å². The van der Waals surface area contributed by atoms with Gasteiger partial charge in [-0.05, 0) is 23.8 Å². The van der Waals surface area contributed by atoms with Crippen LogP contribution in [0.1, 0.15) is 28.3 Å². The van der Waals surface area contributed by atoms with Gasteiger partial charge in [-0.3, -0.25) is 14.6 Å². The van der Waals surface area contributed by atoms with Crippen molar-refractivity contribution in [2.75, 3.05) is 6.61 Å². The van der Waals surface area contributed by atoms with Gasteiger partial charge >= 0.3 is 0 Å². The zero-order chi connectivity index (χ0) is 17.6. The predicted octanol–water partition coefficient (Wildman–Crippen LogP) is 2.18. The van der Waals surface area contributed by atoms with Crippen molar-refractivity contribution in [1.82, 2.24) is 15.2 Å². The largest absolute Gasteiger partial charge is 0.396 e. The SMILES string of the molecule is O=C(C[C@H](CO)c1ccccc1)c1cc(-c2ccncc2)n[nH]c1=O. The molecule has 2 aromatic heterocycles. The number of H-pyrrole nitrogens is 1. The van der Waals surface area contributed by atoms with Crippen molar-refractivity contribution >= 4 is 5.78 Å². The number of nitrogens with one attached hydrogen (secondary N) is 1. The monoisotopic (exact) mass is 335 g/mol. The number of Topliss-reactive ketones (excluding diaryl/α,β-unsaturated/α-hetero) is 1. The first-order valence-corrected chi connectivity index (χ1v) is 7.88. The lowest BCUT2D eigenvalue weighted by atomic mass is 9.92. The third kappa shape index (κ3) is 3.87. The molecule has 0 aliphatic heterocycles. The normalized spacial score (nSPS) is 11.9. The summed E-state index contributed by atoms with van der Waals surface area (Å²) in [7, 11) is 0. The number of benzene rings is 1. The minimum absolute atomic E-state index is 0.0381. The number of hydrogen-bond acceptors (Lipinski definition) is 5. The van der Waals surface area contributed by atoms with Gasteiger partial charge in [0.2, 0.25) is 0 Å². The molecule has 2 N–H and O–H groups in total. The molecule has 0 aliphatic rings. The molecule has 2 heterocycles. The van der Waals surface area contributed by atoms with Crippen molar-refractivity contribution in [1.29, 1.82) is 0 Å². The van der Waals surface area contributed by atoms with E-state index < -0.39 is 5.56 Å². The molecule has 0 aliphatic carbocycles. The Bertz CT molecular complexity index is 908. The van der Waals surface area contributed by atoms with Crippen LogP contribution in [0.15, 0.2) is 65.7 Å². The van der Waals surface area contributed by atoms with Crippen LogP contribution in [0, 0.1) is 0 Å². The van der Waals surface area contributed by atoms with Crippen LogP contribution in [-0.4, -0.2) is 32.7 Å². The molecule has 0 saturated carbocycles. The summed E-state index contributed by atoms with van der Waals surface area (Å²) in [5.74, 6) is -0.688. The van der Waals surface area contributed by atoms with Crippen LogP contribution in [0.25, 0.3) is 11.3 Å². The molecule has 6 nitrogen and oxygen atoms in total. The highest BCUT2D eigenvalue weighted by Gasteiger charge is 2.19. The number of nitrogens with zero attached hydrogens (tertiary/aromatic N) is 2. The van der Waals surface area contributed by atoms with Gasteiger partial charge in [-0.25, -0.2) is 5.10 Å². The number of aromatic amines is 1. The molecular weight excluding hydrogens is 318 g/mol. The van der Waals surface area contributed by atoms with Gasteiger partial charge in [-0.1, -0.05) is 30.3 Å². The summed E-state index contributed by atoms with van der Waals surface area (Å²) >= 11 is 0. The van der Waals surface area contributed by atoms with E-state index in [-0.39, 0.29) is 30.3 Å². The molecule has 3 rings (SSSR count). The number of ketones is 1. The highest BCUT2D eigenvalue weighted by molar-refractivity contribution is 5.97. The molecule has 0 radical (unpaired) electrons. The van der Waals surface area contributed by atoms with Crippen molar-refractivity contribution in [3.05, 3.63) is 82.4 Å². The van der Waals surface area contributed by atoms with E-state index in [1.807, 2.05) is 30.3 Å². The van der Waals surface area contributed by atoms with Crippen LogP contribution < -0.4 is 5.56 Å². The van der Waals surface area contributed by atoms with Gasteiger partial charge < -0.3 is 5.11 Å². The van der Waals surface area contributed by atoms with E-state index in [4.69, 9.17) is 0 Å². The van der Waals surface area contributed by atoms with Gasteiger partial charge in [-0.2, -0.15) is 5.10 Å². The Morgan fingerprint density at radius 3 is 2.52 bits per heavy atom. The van der Waals surface area contributed by atoms with Crippen LogP contribution in [0.2, 0.25) is 0 Å². The zero-order valence-corrected chi connectivity index (χ0v) is 13.4. The summed E-state index contributed by atoms with van der Waals surface area (Å²) in [4.78, 5) is 28.6. The maximum atomic E-state index is 12.6. The minimum Gasteiger partial charge on any atom is -0.396 e. The average molecular weight is 335 g/mol. The molecule has 126 valence electrons. The fourth-order valence-corrected chi connectivity index (χ4v) is 2.63. The molecule has 3 aromatic rings. The lowest BCUT2D eigenvalue weighted by Crippen LogP contribution is -2.21. The number of carbonyl (C=O) groups is 1. The summed E-state index contributed by atoms with van der Waals surface area (Å²) in [5, 5.41) is 16.0. The van der Waals surface area contributed by atoms with Crippen LogP contribution in [-0.2, 0) is 0 Å². The van der Waals surface area contributed by atoms with Crippen molar-refractivity contribution in [3.8, 4) is 11.3 Å². The molecule has 0 amide bonds. The van der Waals surface area contributed by atoms with E-state index >= 15 is 0 Å². The summed E-state index contributed by atoms with van der Waals surface area (Å²) < 4.78 is 0. The van der Waals surface area contributed by atoms with Gasteiger partial charge in [0.25, 0.3) is 5.56 Å². The Morgan fingerprint density at radius 1 is 1.12 bits per heavy atom. The lowest BCUT2D eigenvalue weighted by molar-refractivity contribution is 0.0958. The van der Waals surface area contributed by atoms with Crippen LogP contribution >= 0.6 is 0 Å². The van der Waals surface area contributed by atoms with Gasteiger partial charge in [-0.15, -0.1) is 0 Å². The van der Waals surface area contributed by atoms with Crippen LogP contribution in [0.5, 0.6) is 0 Å². The Kier molecular flexibility index (Phi) is 5.11. The smallest absolute Gasteiger partial charge is 0.275 e. The van der Waals surface area contributed by atoms with Crippen molar-refractivity contribution in [2.45, 2.75) is 12.3 Å². The minimum atomic E-state index is -0.535. The van der Waals surface area contributed by atoms with E-state index in [1.165, 1.54) is 6.07 Å². The summed E-state index contributed by atoms with van der Waals surface area (Å²) in [6, 6.07) is 14.3. The quantitative estimate of drug-likeness (QED) is 0.673. The van der Waals surface area contributed by atoms with Crippen LogP contribution in [0.3, 0.4) is 0 Å². The van der Waals surface area contributed by atoms with E-state index in [0.29, 0.717) is 5.69 Å². The molecule has 1 atom stereocenters. The first-order chi connectivity index (χ1) is 12.2. The lowest BCUT2D eigenvalue weighted by Gasteiger charge is -2.13. The molecule has 0 bridgehead atoms. The maximum Gasteiger partial charge on any atom is 0.275 e. The summed E-state index contributed by atoms with van der Waals surface area (Å²) in [6.45, 7) is -0.171. The third-order valence-corrected chi connectivity index (χ3v) is 4.00. The van der Waals surface area contributed by atoms with Crippen molar-refractivity contribution in [3.63, 3.8) is 0 Å². The summed E-state index contributed by atoms with van der Waals surface area (Å²) in [6.07, 6.45) is 3.27. The molecule has 0 unspecified atom stereocenters. The second-order valence-corrected chi connectivity index (χ2v) is 5.65. The first-order valence-electron chi connectivity index (χ1n) is 7.88. The highest BCUT2D eigenvalue weighted by Crippen LogP contribution is 2.21. The van der Waals surface area contributed by atoms with Crippen molar-refractivity contribution in [2.24, 2.45) is 0 Å². The molecular formula is C19H17N3O3. The number of rotatable bonds is 6. The second-order valence-electron chi connectivity index (χ2n) is 5.65. The highest BCUT2D eigenvalue weighted by atomic mass is 16.3. The topological polar surface area (TPSA) is 95.9 Å². The number of carbonyl (C=O) groups excluding carboxylic acids is 1. The number of pyridine rings is 1. The zero-order valence-electron chi connectivity index (χ0n) is 13.4. The fourth-order valence-electron chi connectivity index (χ4n) is 2.63. The third-order valence-electron chi connectivity index (χ3n) is 4.00. The predicted molar refractivity (Wildman–Crippen MR) is 93.3 cm³/mol. The summed E-state index contributed by atoms with van der Waals surface area (Å²) in [5.41, 5.74) is 1.61. The van der Waals surface area contributed by atoms with Crippen molar-refractivity contribution < 1.29 is 9.90 Å². The Morgan fingerprint density at radius 2 is 1.84 bits per heavy atom. The van der Waals surface area contributed by atoms with Gasteiger partial charge in [0, 0.05) is 30.3 Å². The number of aliphatic hydroxyl groups excluding tert-OH is 1. The van der Waals surface area contributed by atoms with E-state index in [9.17, 15) is 14.7 Å². The molecule has 0 fully saturated rings. The molecule has 0 saturated heterocycles. The maximum absolute atomic E-state index is 12.6. The average Bonchev–Trinajstić information content (AvgIpc) is 2.67. The standard InChI is InChI=1S/C19H17N3O3/c23-12-15(13-4-2-1-3-5-13)10-18(24)16-11-17(21-22-19(16)25)14-6-8-20-9-7-14/h1-9,11,15,23H,10,12H2,(H,22,25)/t15-/m1/s1. The Labute approximate surface area is 144 Å². The second kappa shape index (κ2) is 7.63.